The topological polar surface area (TPSA) is 539 Å². The van der Waals surface area contributed by atoms with Crippen molar-refractivity contribution in [2.24, 2.45) is 0 Å². The lowest BCUT2D eigenvalue weighted by Gasteiger charge is -2.35. The van der Waals surface area contributed by atoms with Crippen molar-refractivity contribution in [1.29, 1.82) is 0 Å². The van der Waals surface area contributed by atoms with Crippen molar-refractivity contribution in [3.8, 4) is 138 Å². The molecular formula is C64H50O30. The standard InChI is InChI=1S/C64H50O30/c1-90-64-56(88)46-50(82)24(11-22-28(66)14-30(68)45-55(87)57(89)58(93-61(22)45)19-6-37(75)53(85)38(76)7-19)48(80)26(63(46)94-59(64)20-8-39(77)54(86)40(78)9-20)12-25-47(79)23(49(81)44-32(70)16-42(92-62(25)44)18-4-35(73)52(84)36(74)5-18)10-21-27(65)13-29(67)43-31(69)15-41(91-60(21)43)17-2-33(71)51(83)34(72)3-17/h2-9,13-14,41-42,57-59,64-68,71-86,89H,10-12,15-16H2,1H3/t41-,42-,57+,58+,59+,64+/m0/s1. The lowest BCUT2D eigenvalue weighted by atomic mass is 9.83. The van der Waals surface area contributed by atoms with E-state index in [-0.39, 0.29) is 22.3 Å². The molecule has 0 unspecified atom stereocenters. The number of aliphatic hydroxyl groups is 1. The number of hydrogen-bond donors (Lipinski definition) is 21. The zero-order chi connectivity index (χ0) is 67.9. The first-order valence-electron chi connectivity index (χ1n) is 27.8. The Bertz CT molecular complexity index is 4590. The molecule has 0 saturated carbocycles. The fourth-order valence-electron chi connectivity index (χ4n) is 12.2. The number of Topliss-reactive ketones (excluding diaryl/α,β-unsaturated/α-hetero) is 4. The summed E-state index contributed by atoms with van der Waals surface area (Å²) in [6.45, 7) is 0. The minimum atomic E-state index is -2.26. The van der Waals surface area contributed by atoms with Crippen LogP contribution in [0.5, 0.6) is 138 Å². The molecule has 4 aliphatic rings. The third-order valence-corrected chi connectivity index (χ3v) is 16.8. The van der Waals surface area contributed by atoms with E-state index in [1.807, 2.05) is 0 Å². The van der Waals surface area contributed by atoms with Crippen molar-refractivity contribution in [2.45, 2.75) is 68.7 Å². The van der Waals surface area contributed by atoms with E-state index in [1.54, 1.807) is 0 Å². The van der Waals surface area contributed by atoms with Crippen LogP contribution < -0.4 is 18.9 Å². The number of carbonyl (C=O) groups is 4. The number of rotatable bonds is 11. The van der Waals surface area contributed by atoms with Crippen LogP contribution in [0.2, 0.25) is 0 Å². The molecule has 0 radical (unpaired) electrons. The summed E-state index contributed by atoms with van der Waals surface area (Å²) in [5.41, 5.74) is -8.37. The fourth-order valence-corrected chi connectivity index (χ4v) is 12.2. The van der Waals surface area contributed by atoms with Gasteiger partial charge in [0.25, 0.3) is 0 Å². The van der Waals surface area contributed by atoms with Crippen molar-refractivity contribution in [3.05, 3.63) is 139 Å². The summed E-state index contributed by atoms with van der Waals surface area (Å²) in [6.07, 6.45) is -15.8. The number of aliphatic hydroxyl groups excluding tert-OH is 1. The summed E-state index contributed by atoms with van der Waals surface area (Å²) in [6, 6.07) is 8.17. The van der Waals surface area contributed by atoms with E-state index in [2.05, 4.69) is 0 Å². The van der Waals surface area contributed by atoms with Gasteiger partial charge in [-0.3, -0.25) is 19.2 Å². The van der Waals surface area contributed by atoms with Gasteiger partial charge in [0.2, 0.25) is 11.6 Å². The third kappa shape index (κ3) is 9.65. The molecule has 4 heterocycles. The van der Waals surface area contributed by atoms with E-state index >= 15 is 4.79 Å². The van der Waals surface area contributed by atoms with Gasteiger partial charge in [-0.1, -0.05) is 0 Å². The third-order valence-electron chi connectivity index (χ3n) is 16.8. The highest BCUT2D eigenvalue weighted by Crippen LogP contribution is 2.58. The van der Waals surface area contributed by atoms with Crippen LogP contribution in [0.15, 0.2) is 60.7 Å². The Labute approximate surface area is 524 Å². The van der Waals surface area contributed by atoms with Crippen LogP contribution in [0.3, 0.4) is 0 Å². The first-order chi connectivity index (χ1) is 44.4. The normalized spacial score (nSPS) is 18.8. The van der Waals surface area contributed by atoms with Gasteiger partial charge in [-0.15, -0.1) is 0 Å². The molecule has 0 aliphatic carbocycles. The number of carbonyl (C=O) groups excluding carboxylic acids is 4. The molecule has 0 fully saturated rings. The summed E-state index contributed by atoms with van der Waals surface area (Å²) in [5, 5.41) is 233. The Balaban J connectivity index is 1.09. The number of benzene rings is 8. The smallest absolute Gasteiger partial charge is 0.203 e. The zero-order valence-corrected chi connectivity index (χ0v) is 47.8. The van der Waals surface area contributed by atoms with Crippen LogP contribution in [0.25, 0.3) is 0 Å². The largest absolute Gasteiger partial charge is 0.507 e. The first-order valence-corrected chi connectivity index (χ1v) is 27.8. The molecule has 6 atom stereocenters. The number of ketones is 4. The molecule has 0 aromatic heterocycles. The second-order valence-electron chi connectivity index (χ2n) is 22.4. The van der Waals surface area contributed by atoms with Crippen molar-refractivity contribution >= 4 is 23.1 Å². The van der Waals surface area contributed by atoms with Crippen LogP contribution in [0.4, 0.5) is 0 Å². The molecule has 486 valence electrons. The molecule has 8 aromatic rings. The molecular weight excluding hydrogens is 1250 g/mol. The molecule has 12 rings (SSSR count). The molecule has 0 bridgehead atoms. The average Bonchev–Trinajstić information content (AvgIpc) is 0.735. The maximum absolute atomic E-state index is 15.2. The van der Waals surface area contributed by atoms with Gasteiger partial charge in [-0.2, -0.15) is 0 Å². The van der Waals surface area contributed by atoms with Gasteiger partial charge >= 0.3 is 0 Å². The van der Waals surface area contributed by atoms with Gasteiger partial charge in [-0.25, -0.2) is 0 Å². The quantitative estimate of drug-likeness (QED) is 0.0661. The second-order valence-corrected chi connectivity index (χ2v) is 22.4. The molecule has 8 aromatic carbocycles. The number of phenols is 20. The van der Waals surface area contributed by atoms with Gasteiger partial charge in [-0.05, 0) is 48.5 Å². The predicted molar refractivity (Wildman–Crippen MR) is 310 cm³/mol. The van der Waals surface area contributed by atoms with Gasteiger partial charge < -0.3 is 131 Å². The minimum absolute atomic E-state index is 0.133. The van der Waals surface area contributed by atoms with E-state index in [0.717, 1.165) is 55.6 Å². The SMILES string of the molecule is CO[C@@H]1C(=O)c2c(O)c(Cc3c(O)cc(O)c4c3O[C@H](c3cc(O)c(O)c(O)c3)[C@H](O)C4=O)c(O)c(Cc3c(O)c(Cc4c(O)cc(O)c5c4O[C@H](c4cc(O)c(O)c(O)c4)CC5=O)c(O)c4c3O[C@H](c3cc(O)c(O)c(O)c3)CC4=O)c2O[C@@H]1c1cc(O)c(O)c(O)c1. The fraction of sp³-hybridized carbons (Fsp3) is 0.188. The van der Waals surface area contributed by atoms with Crippen LogP contribution >= 0.6 is 0 Å². The molecule has 0 saturated heterocycles. The minimum Gasteiger partial charge on any atom is -0.507 e. The van der Waals surface area contributed by atoms with Crippen LogP contribution in [0.1, 0.15) is 134 Å². The average molecular weight is 1300 g/mol. The summed E-state index contributed by atoms with van der Waals surface area (Å²) in [7, 11) is 0.991. The molecule has 21 N–H and O–H groups in total. The molecule has 30 heteroatoms. The van der Waals surface area contributed by atoms with Crippen molar-refractivity contribution < 1.29 is 150 Å². The highest BCUT2D eigenvalue weighted by molar-refractivity contribution is 6.09. The maximum Gasteiger partial charge on any atom is 0.203 e. The number of hydrogen-bond acceptors (Lipinski definition) is 30. The Morgan fingerprint density at radius 2 is 0.660 bits per heavy atom. The zero-order valence-electron chi connectivity index (χ0n) is 47.8. The van der Waals surface area contributed by atoms with Gasteiger partial charge in [0, 0.05) is 94.1 Å². The number of methoxy groups -OCH3 is 1. The maximum atomic E-state index is 15.2. The van der Waals surface area contributed by atoms with Crippen molar-refractivity contribution in [3.63, 3.8) is 0 Å². The highest BCUT2D eigenvalue weighted by atomic mass is 16.5. The Hall–Kier alpha value is -12.4. The predicted octanol–water partition coefficient (Wildman–Crippen LogP) is 5.99. The number of aromatic hydroxyl groups is 20. The Morgan fingerprint density at radius 1 is 0.330 bits per heavy atom. The van der Waals surface area contributed by atoms with E-state index in [0.29, 0.717) is 12.1 Å². The van der Waals surface area contributed by atoms with Gasteiger partial charge in [0.15, 0.2) is 105 Å². The summed E-state index contributed by atoms with van der Waals surface area (Å²) in [5.74, 6) is -27.4. The Kier molecular flexibility index (Phi) is 14.6. The first kappa shape index (κ1) is 61.8. The van der Waals surface area contributed by atoms with Crippen LogP contribution in [-0.2, 0) is 24.0 Å². The molecule has 4 aliphatic heterocycles. The monoisotopic (exact) mass is 1300 g/mol. The van der Waals surface area contributed by atoms with Gasteiger partial charge in [0.05, 0.1) is 12.8 Å². The summed E-state index contributed by atoms with van der Waals surface area (Å²) >= 11 is 0. The van der Waals surface area contributed by atoms with Crippen molar-refractivity contribution in [2.75, 3.05) is 7.11 Å². The molecule has 30 nitrogen and oxygen atoms in total. The number of ether oxygens (including phenoxy) is 5. The molecule has 0 amide bonds. The van der Waals surface area contributed by atoms with E-state index in [1.165, 1.54) is 0 Å². The highest BCUT2D eigenvalue weighted by Gasteiger charge is 2.47. The van der Waals surface area contributed by atoms with E-state index in [9.17, 15) is 122 Å². The number of fused-ring (bicyclic) bond motifs is 4. The summed E-state index contributed by atoms with van der Waals surface area (Å²) < 4.78 is 30.6. The van der Waals surface area contributed by atoms with Crippen molar-refractivity contribution in [1.82, 2.24) is 0 Å². The lowest BCUT2D eigenvalue weighted by Crippen LogP contribution is -2.38. The van der Waals surface area contributed by atoms with Crippen LogP contribution in [-0.4, -0.2) is 150 Å². The molecule has 94 heavy (non-hydrogen) atoms. The number of phenolic OH excluding ortho intramolecular Hbond substituents is 20. The lowest BCUT2D eigenvalue weighted by molar-refractivity contribution is -0.00167. The van der Waals surface area contributed by atoms with E-state index < -0.39 is 285 Å². The van der Waals surface area contributed by atoms with Gasteiger partial charge in [0.1, 0.15) is 103 Å². The summed E-state index contributed by atoms with van der Waals surface area (Å²) in [4.78, 5) is 58.0. The second kappa shape index (κ2) is 22.2. The van der Waals surface area contributed by atoms with Crippen LogP contribution in [0, 0.1) is 0 Å². The van der Waals surface area contributed by atoms with E-state index in [4.69, 9.17) is 23.7 Å². The Morgan fingerprint density at radius 3 is 1.09 bits per heavy atom. The molecule has 0 spiro atoms.